The summed E-state index contributed by atoms with van der Waals surface area (Å²) < 4.78 is 15.9. The summed E-state index contributed by atoms with van der Waals surface area (Å²) in [5, 5.41) is 0. The van der Waals surface area contributed by atoms with Crippen LogP contribution in [0.4, 0.5) is 0 Å². The standard InChI is InChI=1S/C10H6O3/c1-2-7-9(11-4-1)6-10-8(13-7)3-5-12-10/h1-6H. The molecule has 0 fully saturated rings. The van der Waals surface area contributed by atoms with E-state index in [0.717, 1.165) is 11.5 Å². The molecule has 0 atom stereocenters. The zero-order chi connectivity index (χ0) is 8.67. The van der Waals surface area contributed by atoms with E-state index in [4.69, 9.17) is 13.9 Å². The topological polar surface area (TPSA) is 31.6 Å². The van der Waals surface area contributed by atoms with Crippen LogP contribution in [0.3, 0.4) is 0 Å². The number of hydrogen-bond donors (Lipinski definition) is 0. The molecule has 0 unspecified atom stereocenters. The lowest BCUT2D eigenvalue weighted by Gasteiger charge is -2.17. The van der Waals surface area contributed by atoms with Gasteiger partial charge in [-0.3, -0.25) is 0 Å². The van der Waals surface area contributed by atoms with Gasteiger partial charge in [0, 0.05) is 12.1 Å². The number of ether oxygens (including phenoxy) is 2. The summed E-state index contributed by atoms with van der Waals surface area (Å²) in [7, 11) is 0. The van der Waals surface area contributed by atoms with Crippen molar-refractivity contribution in [3.63, 3.8) is 0 Å². The quantitative estimate of drug-likeness (QED) is 0.605. The minimum absolute atomic E-state index is 0.685. The van der Waals surface area contributed by atoms with E-state index in [9.17, 15) is 0 Å². The monoisotopic (exact) mass is 174 g/mol. The molecule has 0 spiro atoms. The minimum atomic E-state index is 0.685. The van der Waals surface area contributed by atoms with Gasteiger partial charge in [0.25, 0.3) is 0 Å². The maximum Gasteiger partial charge on any atom is 0.173 e. The molecule has 1 aromatic heterocycles. The van der Waals surface area contributed by atoms with Crippen LogP contribution in [0.5, 0.6) is 5.75 Å². The molecule has 0 radical (unpaired) electrons. The molecule has 0 bridgehead atoms. The molecule has 64 valence electrons. The van der Waals surface area contributed by atoms with Gasteiger partial charge >= 0.3 is 0 Å². The van der Waals surface area contributed by atoms with Crippen LogP contribution in [0.2, 0.25) is 0 Å². The Labute approximate surface area is 74.6 Å². The van der Waals surface area contributed by atoms with Crippen molar-refractivity contribution < 1.29 is 13.9 Å². The van der Waals surface area contributed by atoms with Crippen LogP contribution < -0.4 is 4.74 Å². The van der Waals surface area contributed by atoms with Crippen LogP contribution in [-0.4, -0.2) is 0 Å². The van der Waals surface area contributed by atoms with E-state index < -0.39 is 0 Å². The van der Waals surface area contributed by atoms with Gasteiger partial charge in [-0.05, 0) is 12.2 Å². The number of hydrogen-bond acceptors (Lipinski definition) is 3. The van der Waals surface area contributed by atoms with Crippen molar-refractivity contribution in [3.05, 3.63) is 48.0 Å². The van der Waals surface area contributed by atoms with Crippen LogP contribution in [-0.2, 0) is 4.74 Å². The average Bonchev–Trinajstić information content (AvgIpc) is 2.61. The number of rotatable bonds is 0. The zero-order valence-electron chi connectivity index (χ0n) is 6.69. The second-order valence-corrected chi connectivity index (χ2v) is 2.74. The van der Waals surface area contributed by atoms with E-state index in [1.54, 1.807) is 24.7 Å². The third-order valence-corrected chi connectivity index (χ3v) is 1.90. The molecule has 0 amide bonds. The molecule has 0 aliphatic carbocycles. The molecule has 3 heterocycles. The smallest absolute Gasteiger partial charge is 0.173 e. The molecule has 0 N–H and O–H groups in total. The molecule has 1 aromatic rings. The van der Waals surface area contributed by atoms with Gasteiger partial charge in [-0.1, -0.05) is 0 Å². The van der Waals surface area contributed by atoms with Crippen molar-refractivity contribution in [3.8, 4) is 5.75 Å². The third kappa shape index (κ3) is 0.902. The first kappa shape index (κ1) is 6.60. The van der Waals surface area contributed by atoms with Crippen molar-refractivity contribution in [2.24, 2.45) is 0 Å². The molecule has 0 saturated carbocycles. The summed E-state index contributed by atoms with van der Waals surface area (Å²) in [6, 6.07) is 1.78. The highest BCUT2D eigenvalue weighted by molar-refractivity contribution is 5.61. The number of fused-ring (bicyclic) bond motifs is 2. The lowest BCUT2D eigenvalue weighted by molar-refractivity contribution is 0.292. The predicted octanol–water partition coefficient (Wildman–Crippen LogP) is 2.44. The molecule has 13 heavy (non-hydrogen) atoms. The fraction of sp³-hybridized carbons (Fsp3) is 0. The maximum absolute atomic E-state index is 5.50. The van der Waals surface area contributed by atoms with E-state index in [1.807, 2.05) is 12.2 Å². The van der Waals surface area contributed by atoms with Crippen LogP contribution in [0.25, 0.3) is 6.08 Å². The number of allylic oxidation sites excluding steroid dienone is 2. The molecule has 2 aliphatic rings. The first-order valence-electron chi connectivity index (χ1n) is 3.94. The van der Waals surface area contributed by atoms with Crippen LogP contribution in [0.15, 0.2) is 46.7 Å². The molecule has 3 rings (SSSR count). The van der Waals surface area contributed by atoms with Gasteiger partial charge in [0.2, 0.25) is 0 Å². The van der Waals surface area contributed by atoms with E-state index >= 15 is 0 Å². The summed E-state index contributed by atoms with van der Waals surface area (Å²) in [4.78, 5) is 0. The van der Waals surface area contributed by atoms with Gasteiger partial charge in [-0.15, -0.1) is 0 Å². The van der Waals surface area contributed by atoms with E-state index in [2.05, 4.69) is 0 Å². The molecule has 2 aliphatic heterocycles. The lowest BCUT2D eigenvalue weighted by atomic mass is 10.2. The van der Waals surface area contributed by atoms with Crippen molar-refractivity contribution in [2.75, 3.05) is 0 Å². The Morgan fingerprint density at radius 2 is 2.15 bits per heavy atom. The van der Waals surface area contributed by atoms with Gasteiger partial charge in [0.1, 0.15) is 0 Å². The molecular formula is C10H6O3. The maximum atomic E-state index is 5.50. The normalized spacial score (nSPS) is 17.5. The van der Waals surface area contributed by atoms with E-state index in [0.29, 0.717) is 11.5 Å². The summed E-state index contributed by atoms with van der Waals surface area (Å²) in [5.74, 6) is 2.83. The highest BCUT2D eigenvalue weighted by atomic mass is 16.5. The Bertz CT molecular complexity index is 435. The molecule has 0 aromatic carbocycles. The van der Waals surface area contributed by atoms with Gasteiger partial charge < -0.3 is 13.9 Å². The number of furan rings is 1. The zero-order valence-corrected chi connectivity index (χ0v) is 6.69. The summed E-state index contributed by atoms with van der Waals surface area (Å²) in [5.41, 5.74) is 0. The van der Waals surface area contributed by atoms with E-state index in [-0.39, 0.29) is 0 Å². The lowest BCUT2D eigenvalue weighted by Crippen LogP contribution is -2.06. The predicted molar refractivity (Wildman–Crippen MR) is 45.6 cm³/mol. The van der Waals surface area contributed by atoms with Crippen LogP contribution in [0, 0.1) is 0 Å². The molecule has 3 heteroatoms. The third-order valence-electron chi connectivity index (χ3n) is 1.90. The molecule has 3 nitrogen and oxygen atoms in total. The SMILES string of the molecule is C1=COC2=Cc3occc3OC2=C1. The Morgan fingerprint density at radius 3 is 3.15 bits per heavy atom. The minimum Gasteiger partial charge on any atom is -0.461 e. The second kappa shape index (κ2) is 2.29. The van der Waals surface area contributed by atoms with E-state index in [1.165, 1.54) is 0 Å². The second-order valence-electron chi connectivity index (χ2n) is 2.74. The van der Waals surface area contributed by atoms with Gasteiger partial charge in [-0.25, -0.2) is 0 Å². The van der Waals surface area contributed by atoms with Gasteiger partial charge in [-0.2, -0.15) is 0 Å². The first-order valence-corrected chi connectivity index (χ1v) is 3.94. The van der Waals surface area contributed by atoms with Gasteiger partial charge in [0.15, 0.2) is 23.0 Å². The highest BCUT2D eigenvalue weighted by Crippen LogP contribution is 2.33. The Morgan fingerprint density at radius 1 is 1.15 bits per heavy atom. The summed E-state index contributed by atoms with van der Waals surface area (Å²) >= 11 is 0. The van der Waals surface area contributed by atoms with Gasteiger partial charge in [0.05, 0.1) is 12.5 Å². The molecule has 0 saturated heterocycles. The van der Waals surface area contributed by atoms with Crippen molar-refractivity contribution in [2.45, 2.75) is 0 Å². The Balaban J connectivity index is 2.15. The van der Waals surface area contributed by atoms with Crippen LogP contribution >= 0.6 is 0 Å². The largest absolute Gasteiger partial charge is 0.461 e. The molecular weight excluding hydrogens is 168 g/mol. The first-order chi connectivity index (χ1) is 6.43. The Kier molecular flexibility index (Phi) is 1.16. The summed E-state index contributed by atoms with van der Waals surface area (Å²) in [6.07, 6.45) is 8.65. The highest BCUT2D eigenvalue weighted by Gasteiger charge is 2.20. The fourth-order valence-electron chi connectivity index (χ4n) is 1.31. The fourth-order valence-corrected chi connectivity index (χ4v) is 1.31. The van der Waals surface area contributed by atoms with Crippen LogP contribution in [0.1, 0.15) is 5.76 Å². The summed E-state index contributed by atoms with van der Waals surface area (Å²) in [6.45, 7) is 0. The average molecular weight is 174 g/mol. The van der Waals surface area contributed by atoms with Crippen molar-refractivity contribution >= 4 is 6.08 Å². The Hall–Kier alpha value is -1.90. The van der Waals surface area contributed by atoms with Crippen molar-refractivity contribution in [1.29, 1.82) is 0 Å². The van der Waals surface area contributed by atoms with Crippen molar-refractivity contribution in [1.82, 2.24) is 0 Å².